The van der Waals surface area contributed by atoms with Crippen LogP contribution in [0.25, 0.3) is 10.9 Å². The van der Waals surface area contributed by atoms with Gasteiger partial charge in [-0.25, -0.2) is 0 Å². The van der Waals surface area contributed by atoms with Gasteiger partial charge in [-0.15, -0.1) is 0 Å². The van der Waals surface area contributed by atoms with Crippen LogP contribution in [-0.2, 0) is 10.2 Å². The van der Waals surface area contributed by atoms with E-state index < -0.39 is 10.2 Å². The summed E-state index contributed by atoms with van der Waals surface area (Å²) in [5.41, 5.74) is 1.30. The molecule has 0 amide bonds. The maximum Gasteiger partial charge on any atom is 0.301 e. The van der Waals surface area contributed by atoms with Crippen molar-refractivity contribution in [2.75, 3.05) is 31.9 Å². The predicted molar refractivity (Wildman–Crippen MR) is 85.5 cm³/mol. The maximum absolute atomic E-state index is 12.3. The Morgan fingerprint density at radius 2 is 2.05 bits per heavy atom. The summed E-state index contributed by atoms with van der Waals surface area (Å²) >= 11 is 0. The fourth-order valence-corrected chi connectivity index (χ4v) is 2.99. The maximum atomic E-state index is 12.3. The van der Waals surface area contributed by atoms with Crippen LogP contribution in [0.2, 0.25) is 0 Å². The predicted octanol–water partition coefficient (Wildman–Crippen LogP) is 1.43. The number of pyridine rings is 1. The van der Waals surface area contributed by atoms with E-state index in [0.717, 1.165) is 23.9 Å². The molecule has 0 spiro atoms. The minimum absolute atomic E-state index is 0.458. The van der Waals surface area contributed by atoms with E-state index >= 15 is 0 Å². The van der Waals surface area contributed by atoms with Gasteiger partial charge < -0.3 is 5.32 Å². The molecule has 0 atom stereocenters. The lowest BCUT2D eigenvalue weighted by molar-refractivity contribution is 0.462. The van der Waals surface area contributed by atoms with Gasteiger partial charge in [-0.2, -0.15) is 12.7 Å². The second-order valence-electron chi connectivity index (χ2n) is 4.76. The number of fused-ring (bicyclic) bond motifs is 1. The summed E-state index contributed by atoms with van der Waals surface area (Å²) < 4.78 is 28.6. The van der Waals surface area contributed by atoms with E-state index in [4.69, 9.17) is 0 Å². The molecule has 0 fully saturated rings. The molecule has 7 heteroatoms. The third-order valence-electron chi connectivity index (χ3n) is 3.19. The Bertz CT molecular complexity index is 698. The Balaban J connectivity index is 2.19. The lowest BCUT2D eigenvalue weighted by Gasteiger charge is -2.19. The summed E-state index contributed by atoms with van der Waals surface area (Å²) in [5.74, 6) is 0. The van der Waals surface area contributed by atoms with E-state index in [1.54, 1.807) is 31.4 Å². The number of hydrogen-bond acceptors (Lipinski definition) is 4. The average molecular weight is 308 g/mol. The van der Waals surface area contributed by atoms with Crippen LogP contribution in [0.3, 0.4) is 0 Å². The number of benzene rings is 1. The normalized spacial score (nSPS) is 12.0. The first-order valence-corrected chi connectivity index (χ1v) is 8.21. The molecule has 114 valence electrons. The van der Waals surface area contributed by atoms with Crippen LogP contribution in [0.1, 0.15) is 6.42 Å². The van der Waals surface area contributed by atoms with Crippen LogP contribution < -0.4 is 10.0 Å². The van der Waals surface area contributed by atoms with Gasteiger partial charge in [0, 0.05) is 25.2 Å². The zero-order chi connectivity index (χ0) is 15.3. The van der Waals surface area contributed by atoms with E-state index in [2.05, 4.69) is 15.0 Å². The summed E-state index contributed by atoms with van der Waals surface area (Å²) in [6.07, 6.45) is 2.44. The lowest BCUT2D eigenvalue weighted by Crippen LogP contribution is -2.34. The fourth-order valence-electron chi connectivity index (χ4n) is 2.01. The molecule has 6 nitrogen and oxygen atoms in total. The van der Waals surface area contributed by atoms with Crippen LogP contribution in [0.5, 0.6) is 0 Å². The number of rotatable bonds is 7. The topological polar surface area (TPSA) is 74.3 Å². The molecule has 1 aromatic heterocycles. The summed E-state index contributed by atoms with van der Waals surface area (Å²) in [7, 11) is -0.144. The van der Waals surface area contributed by atoms with Crippen LogP contribution in [-0.4, -0.2) is 44.9 Å². The van der Waals surface area contributed by atoms with Crippen LogP contribution in [0, 0.1) is 0 Å². The van der Waals surface area contributed by atoms with Crippen LogP contribution in [0.4, 0.5) is 5.69 Å². The van der Waals surface area contributed by atoms with E-state index in [9.17, 15) is 8.42 Å². The van der Waals surface area contributed by atoms with Crippen LogP contribution in [0.15, 0.2) is 36.5 Å². The highest BCUT2D eigenvalue weighted by atomic mass is 32.2. The first-order valence-electron chi connectivity index (χ1n) is 6.77. The van der Waals surface area contributed by atoms with Crippen molar-refractivity contribution < 1.29 is 8.42 Å². The molecular formula is C14H20N4O2S. The summed E-state index contributed by atoms with van der Waals surface area (Å²) in [5, 5.41) is 3.78. The molecule has 21 heavy (non-hydrogen) atoms. The molecule has 2 N–H and O–H groups in total. The number of anilines is 1. The van der Waals surface area contributed by atoms with Crippen molar-refractivity contribution in [1.82, 2.24) is 14.6 Å². The highest BCUT2D eigenvalue weighted by Gasteiger charge is 2.18. The van der Waals surface area contributed by atoms with E-state index in [1.807, 2.05) is 19.2 Å². The van der Waals surface area contributed by atoms with Crippen molar-refractivity contribution in [3.05, 3.63) is 36.5 Å². The lowest BCUT2D eigenvalue weighted by atomic mass is 10.2. The van der Waals surface area contributed by atoms with Gasteiger partial charge in [-0.05, 0) is 44.3 Å². The number of nitrogens with one attached hydrogen (secondary N) is 2. The third-order valence-corrected chi connectivity index (χ3v) is 4.68. The molecule has 1 aromatic carbocycles. The molecule has 0 aliphatic carbocycles. The van der Waals surface area contributed by atoms with E-state index in [0.29, 0.717) is 12.2 Å². The molecule has 2 rings (SSSR count). The standard InChI is InChI=1S/C14H20N4O2S/c1-15-9-5-11-18(2)21(19,20)17-14-8-3-7-13-12(14)6-4-10-16-13/h3-4,6-8,10,15,17H,5,9,11H2,1-2H3. The SMILES string of the molecule is CNCCCN(C)S(=O)(=O)Nc1cccc2ncccc12. The van der Waals surface area contributed by atoms with Crippen molar-refractivity contribution in [1.29, 1.82) is 0 Å². The third kappa shape index (κ3) is 3.90. The molecule has 1 heterocycles. The van der Waals surface area contributed by atoms with E-state index in [1.165, 1.54) is 4.31 Å². The monoisotopic (exact) mass is 308 g/mol. The molecular weight excluding hydrogens is 288 g/mol. The van der Waals surface area contributed by atoms with Gasteiger partial charge in [0.1, 0.15) is 0 Å². The quantitative estimate of drug-likeness (QED) is 0.759. The molecule has 0 radical (unpaired) electrons. The zero-order valence-corrected chi connectivity index (χ0v) is 13.0. The first kappa shape index (κ1) is 15.7. The Morgan fingerprint density at radius 1 is 1.24 bits per heavy atom. The fraction of sp³-hybridized carbons (Fsp3) is 0.357. The number of hydrogen-bond donors (Lipinski definition) is 2. The van der Waals surface area contributed by atoms with Crippen molar-refractivity contribution >= 4 is 26.8 Å². The van der Waals surface area contributed by atoms with Gasteiger partial charge in [0.25, 0.3) is 0 Å². The molecule has 0 aliphatic heterocycles. The Hall–Kier alpha value is -1.70. The summed E-state index contributed by atoms with van der Waals surface area (Å²) in [6.45, 7) is 1.23. The van der Waals surface area contributed by atoms with Crippen molar-refractivity contribution in [3.8, 4) is 0 Å². The van der Waals surface area contributed by atoms with Gasteiger partial charge in [0.05, 0.1) is 11.2 Å². The number of aromatic nitrogens is 1. The number of nitrogens with zero attached hydrogens (tertiary/aromatic N) is 2. The van der Waals surface area contributed by atoms with Crippen molar-refractivity contribution in [2.45, 2.75) is 6.42 Å². The second-order valence-corrected chi connectivity index (χ2v) is 6.54. The van der Waals surface area contributed by atoms with Crippen molar-refractivity contribution in [2.24, 2.45) is 0 Å². The first-order chi connectivity index (χ1) is 10.0. The largest absolute Gasteiger partial charge is 0.320 e. The zero-order valence-electron chi connectivity index (χ0n) is 12.2. The van der Waals surface area contributed by atoms with Gasteiger partial charge >= 0.3 is 10.2 Å². The summed E-state index contributed by atoms with van der Waals surface area (Å²) in [6, 6.07) is 9.01. The molecule has 0 aliphatic rings. The Morgan fingerprint density at radius 3 is 2.81 bits per heavy atom. The minimum Gasteiger partial charge on any atom is -0.320 e. The molecule has 0 saturated carbocycles. The van der Waals surface area contributed by atoms with Gasteiger partial charge in [-0.3, -0.25) is 9.71 Å². The molecule has 0 saturated heterocycles. The van der Waals surface area contributed by atoms with Gasteiger partial charge in [0.15, 0.2) is 0 Å². The average Bonchev–Trinajstić information content (AvgIpc) is 2.47. The molecule has 2 aromatic rings. The Kier molecular flexibility index (Phi) is 5.11. The highest BCUT2D eigenvalue weighted by Crippen LogP contribution is 2.22. The van der Waals surface area contributed by atoms with Crippen LogP contribution >= 0.6 is 0 Å². The second kappa shape index (κ2) is 6.84. The summed E-state index contributed by atoms with van der Waals surface area (Å²) in [4.78, 5) is 4.22. The highest BCUT2D eigenvalue weighted by molar-refractivity contribution is 7.90. The minimum atomic E-state index is -3.56. The van der Waals surface area contributed by atoms with Gasteiger partial charge in [-0.1, -0.05) is 6.07 Å². The molecule has 0 unspecified atom stereocenters. The van der Waals surface area contributed by atoms with Gasteiger partial charge in [0.2, 0.25) is 0 Å². The Labute approximate surface area is 125 Å². The smallest absolute Gasteiger partial charge is 0.301 e. The molecule has 0 bridgehead atoms. The van der Waals surface area contributed by atoms with E-state index in [-0.39, 0.29) is 0 Å². The van der Waals surface area contributed by atoms with Crippen molar-refractivity contribution in [3.63, 3.8) is 0 Å².